The highest BCUT2D eigenvalue weighted by Gasteiger charge is 2.14. The number of hydrogen-bond acceptors (Lipinski definition) is 5. The van der Waals surface area contributed by atoms with Gasteiger partial charge in [0.25, 0.3) is 5.69 Å². The molecule has 27 heavy (non-hydrogen) atoms. The number of primary amides is 1. The number of carbonyl (C=O) groups is 1. The lowest BCUT2D eigenvalue weighted by atomic mass is 10.0. The van der Waals surface area contributed by atoms with Gasteiger partial charge in [-0.15, -0.1) is 0 Å². The molecule has 0 saturated heterocycles. The van der Waals surface area contributed by atoms with Crippen molar-refractivity contribution in [3.05, 3.63) is 82.4 Å². The molecule has 0 radical (unpaired) electrons. The third-order valence-electron chi connectivity index (χ3n) is 3.77. The monoisotopic (exact) mass is 367 g/mol. The van der Waals surface area contributed by atoms with Crippen LogP contribution in [0.15, 0.2) is 60.9 Å². The standard InChI is InChI=1S/C19H14FN3O4/c20-16-10-14(23(25)26)5-6-18(16)27-17-7-8-22-11-15(17)13-3-1-12(2-4-13)9-19(21)24/h1-8,10-11H,9H2,(H2,21,24). The van der Waals surface area contributed by atoms with E-state index in [1.54, 1.807) is 36.5 Å². The second-order valence-corrected chi connectivity index (χ2v) is 5.69. The van der Waals surface area contributed by atoms with E-state index in [-0.39, 0.29) is 17.9 Å². The first-order chi connectivity index (χ1) is 12.9. The Morgan fingerprint density at radius 1 is 1.15 bits per heavy atom. The fraction of sp³-hybridized carbons (Fsp3) is 0.0526. The van der Waals surface area contributed by atoms with Crippen LogP contribution in [-0.4, -0.2) is 15.8 Å². The number of ether oxygens (including phenoxy) is 1. The van der Waals surface area contributed by atoms with Gasteiger partial charge in [0.15, 0.2) is 11.6 Å². The lowest BCUT2D eigenvalue weighted by molar-refractivity contribution is -0.385. The van der Waals surface area contributed by atoms with Gasteiger partial charge in [0.2, 0.25) is 5.91 Å². The van der Waals surface area contributed by atoms with E-state index in [9.17, 15) is 19.3 Å². The molecule has 2 N–H and O–H groups in total. The highest BCUT2D eigenvalue weighted by atomic mass is 19.1. The maximum absolute atomic E-state index is 14.1. The molecule has 8 heteroatoms. The summed E-state index contributed by atoms with van der Waals surface area (Å²) < 4.78 is 19.7. The van der Waals surface area contributed by atoms with Crippen LogP contribution in [0.5, 0.6) is 11.5 Å². The Labute approximate surface area is 153 Å². The van der Waals surface area contributed by atoms with Crippen LogP contribution in [0.3, 0.4) is 0 Å². The summed E-state index contributed by atoms with van der Waals surface area (Å²) >= 11 is 0. The first-order valence-corrected chi connectivity index (χ1v) is 7.87. The molecule has 0 unspecified atom stereocenters. The molecular formula is C19H14FN3O4. The number of nitro benzene ring substituents is 1. The summed E-state index contributed by atoms with van der Waals surface area (Å²) in [5.41, 5.74) is 6.92. The van der Waals surface area contributed by atoms with E-state index in [2.05, 4.69) is 4.98 Å². The second-order valence-electron chi connectivity index (χ2n) is 5.69. The van der Waals surface area contributed by atoms with Crippen LogP contribution in [0.1, 0.15) is 5.56 Å². The van der Waals surface area contributed by atoms with Crippen molar-refractivity contribution < 1.29 is 18.8 Å². The normalized spacial score (nSPS) is 10.4. The maximum atomic E-state index is 14.1. The highest BCUT2D eigenvalue weighted by Crippen LogP contribution is 2.34. The van der Waals surface area contributed by atoms with Gasteiger partial charge in [-0.2, -0.15) is 0 Å². The average Bonchev–Trinajstić information content (AvgIpc) is 2.64. The van der Waals surface area contributed by atoms with Crippen LogP contribution < -0.4 is 10.5 Å². The highest BCUT2D eigenvalue weighted by molar-refractivity contribution is 5.77. The summed E-state index contributed by atoms with van der Waals surface area (Å²) in [4.78, 5) is 25.1. The zero-order chi connectivity index (χ0) is 19.4. The van der Waals surface area contributed by atoms with Crippen LogP contribution in [0, 0.1) is 15.9 Å². The molecule has 2 aromatic carbocycles. The molecule has 3 rings (SSSR count). The fourth-order valence-corrected chi connectivity index (χ4v) is 2.50. The number of aromatic nitrogens is 1. The molecule has 0 atom stereocenters. The quantitative estimate of drug-likeness (QED) is 0.529. The van der Waals surface area contributed by atoms with E-state index in [1.165, 1.54) is 12.3 Å². The first kappa shape index (κ1) is 18.0. The molecule has 0 fully saturated rings. The zero-order valence-corrected chi connectivity index (χ0v) is 14.0. The first-order valence-electron chi connectivity index (χ1n) is 7.87. The SMILES string of the molecule is NC(=O)Cc1ccc(-c2cnccc2Oc2ccc([N+](=O)[O-])cc2F)cc1. The number of nitro groups is 1. The number of pyridine rings is 1. The lowest BCUT2D eigenvalue weighted by Gasteiger charge is -2.12. The van der Waals surface area contributed by atoms with Gasteiger partial charge >= 0.3 is 0 Å². The molecule has 0 spiro atoms. The molecule has 0 bridgehead atoms. The summed E-state index contributed by atoms with van der Waals surface area (Å²) in [5, 5.41) is 10.7. The molecule has 1 amide bonds. The third-order valence-corrected chi connectivity index (χ3v) is 3.77. The summed E-state index contributed by atoms with van der Waals surface area (Å²) in [6, 6.07) is 11.8. The predicted molar refractivity (Wildman–Crippen MR) is 95.7 cm³/mol. The smallest absolute Gasteiger partial charge is 0.272 e. The Morgan fingerprint density at radius 2 is 1.89 bits per heavy atom. The molecular weight excluding hydrogens is 353 g/mol. The van der Waals surface area contributed by atoms with Gasteiger partial charge in [-0.3, -0.25) is 19.9 Å². The Bertz CT molecular complexity index is 1010. The van der Waals surface area contributed by atoms with Gasteiger partial charge in [-0.05, 0) is 23.3 Å². The molecule has 0 aliphatic heterocycles. The number of nitrogens with two attached hydrogens (primary N) is 1. The minimum atomic E-state index is -0.844. The molecule has 3 aromatic rings. The van der Waals surface area contributed by atoms with Gasteiger partial charge < -0.3 is 10.5 Å². The Kier molecular flexibility index (Phi) is 5.07. The van der Waals surface area contributed by atoms with E-state index in [4.69, 9.17) is 10.5 Å². The van der Waals surface area contributed by atoms with Gasteiger partial charge in [0.1, 0.15) is 5.75 Å². The number of carbonyl (C=O) groups excluding carboxylic acids is 1. The number of rotatable bonds is 6. The number of nitrogens with zero attached hydrogens (tertiary/aromatic N) is 2. The number of hydrogen-bond donors (Lipinski definition) is 1. The number of non-ortho nitro benzene ring substituents is 1. The largest absolute Gasteiger partial charge is 0.454 e. The summed E-state index contributed by atoms with van der Waals surface area (Å²) in [6.07, 6.45) is 3.18. The van der Waals surface area contributed by atoms with E-state index >= 15 is 0 Å². The van der Waals surface area contributed by atoms with E-state index in [0.29, 0.717) is 11.3 Å². The molecule has 1 aromatic heterocycles. The number of halogens is 1. The van der Waals surface area contributed by atoms with Gasteiger partial charge in [-0.1, -0.05) is 24.3 Å². The fourth-order valence-electron chi connectivity index (χ4n) is 2.50. The van der Waals surface area contributed by atoms with Crippen LogP contribution in [-0.2, 0) is 11.2 Å². The van der Waals surface area contributed by atoms with Crippen molar-refractivity contribution >= 4 is 11.6 Å². The molecule has 136 valence electrons. The van der Waals surface area contributed by atoms with Crippen molar-refractivity contribution in [2.45, 2.75) is 6.42 Å². The molecule has 0 aliphatic rings. The van der Waals surface area contributed by atoms with Crippen molar-refractivity contribution in [1.82, 2.24) is 4.98 Å². The molecule has 0 aliphatic carbocycles. The summed E-state index contributed by atoms with van der Waals surface area (Å²) in [5.74, 6) is -1.08. The van der Waals surface area contributed by atoms with E-state index < -0.39 is 16.6 Å². The van der Waals surface area contributed by atoms with E-state index in [1.807, 2.05) is 0 Å². The van der Waals surface area contributed by atoms with Crippen molar-refractivity contribution in [3.63, 3.8) is 0 Å². The average molecular weight is 367 g/mol. The Hall–Kier alpha value is -3.81. The van der Waals surface area contributed by atoms with Gasteiger partial charge in [0.05, 0.1) is 17.4 Å². The number of benzene rings is 2. The molecule has 1 heterocycles. The summed E-state index contributed by atoms with van der Waals surface area (Å²) in [7, 11) is 0. The van der Waals surface area contributed by atoms with Crippen LogP contribution in [0.4, 0.5) is 10.1 Å². The third kappa shape index (κ3) is 4.24. The van der Waals surface area contributed by atoms with Gasteiger partial charge in [0, 0.05) is 24.0 Å². The predicted octanol–water partition coefficient (Wildman–Crippen LogP) is 3.62. The van der Waals surface area contributed by atoms with Crippen molar-refractivity contribution in [2.24, 2.45) is 5.73 Å². The van der Waals surface area contributed by atoms with Crippen LogP contribution >= 0.6 is 0 Å². The summed E-state index contributed by atoms with van der Waals surface area (Å²) in [6.45, 7) is 0. The van der Waals surface area contributed by atoms with E-state index in [0.717, 1.165) is 23.3 Å². The van der Waals surface area contributed by atoms with Crippen molar-refractivity contribution in [3.8, 4) is 22.6 Å². The minimum Gasteiger partial charge on any atom is -0.454 e. The maximum Gasteiger partial charge on any atom is 0.272 e. The Morgan fingerprint density at radius 3 is 2.52 bits per heavy atom. The van der Waals surface area contributed by atoms with Crippen LogP contribution in [0.2, 0.25) is 0 Å². The van der Waals surface area contributed by atoms with Crippen molar-refractivity contribution in [2.75, 3.05) is 0 Å². The van der Waals surface area contributed by atoms with Gasteiger partial charge in [-0.25, -0.2) is 4.39 Å². The lowest BCUT2D eigenvalue weighted by Crippen LogP contribution is -2.13. The minimum absolute atomic E-state index is 0.130. The molecule has 0 saturated carbocycles. The molecule has 7 nitrogen and oxygen atoms in total. The topological polar surface area (TPSA) is 108 Å². The number of amides is 1. The van der Waals surface area contributed by atoms with Crippen molar-refractivity contribution in [1.29, 1.82) is 0 Å². The Balaban J connectivity index is 1.90. The van der Waals surface area contributed by atoms with Crippen LogP contribution in [0.25, 0.3) is 11.1 Å². The second kappa shape index (κ2) is 7.61. The zero-order valence-electron chi connectivity index (χ0n) is 14.0.